The van der Waals surface area contributed by atoms with Gasteiger partial charge in [0.1, 0.15) is 5.82 Å². The molecule has 208 valence electrons. The van der Waals surface area contributed by atoms with Crippen LogP contribution in [0.3, 0.4) is 0 Å². The number of nitrogens with one attached hydrogen (secondary N) is 1. The zero-order valence-corrected chi connectivity index (χ0v) is 22.2. The Morgan fingerprint density at radius 1 is 1.00 bits per heavy atom. The van der Waals surface area contributed by atoms with Crippen molar-refractivity contribution in [2.75, 3.05) is 5.32 Å². The number of aryl methyl sites for hydroxylation is 1. The Morgan fingerprint density at radius 2 is 1.75 bits per heavy atom. The van der Waals surface area contributed by atoms with Gasteiger partial charge in [0.2, 0.25) is 5.95 Å². The molecular formula is C24H22ClF3N10O2. The van der Waals surface area contributed by atoms with Crippen LogP contribution in [0.1, 0.15) is 25.2 Å². The van der Waals surface area contributed by atoms with Gasteiger partial charge in [-0.05, 0) is 34.5 Å². The molecule has 5 rings (SSSR count). The number of aromatic nitrogens is 9. The molecule has 0 amide bonds. The van der Waals surface area contributed by atoms with Crippen molar-refractivity contribution in [3.05, 3.63) is 85.3 Å². The average molecular weight is 575 g/mol. The second-order valence-electron chi connectivity index (χ2n) is 9.52. The Bertz CT molecular complexity index is 1860. The number of tetrazole rings is 1. The Labute approximate surface area is 228 Å². The molecule has 0 saturated carbocycles. The van der Waals surface area contributed by atoms with E-state index in [1.165, 1.54) is 4.68 Å². The minimum Gasteiger partial charge on any atom is -0.324 e. The number of benzene rings is 2. The second kappa shape index (κ2) is 10.6. The Morgan fingerprint density at radius 3 is 2.50 bits per heavy atom. The lowest BCUT2D eigenvalue weighted by atomic mass is 10.2. The van der Waals surface area contributed by atoms with Crippen molar-refractivity contribution in [2.24, 2.45) is 13.0 Å². The van der Waals surface area contributed by atoms with Crippen LogP contribution in [-0.4, -0.2) is 44.1 Å². The van der Waals surface area contributed by atoms with Crippen LogP contribution in [0.5, 0.6) is 0 Å². The minimum atomic E-state index is -1.39. The van der Waals surface area contributed by atoms with E-state index in [-0.39, 0.29) is 40.5 Å². The predicted octanol–water partition coefficient (Wildman–Crippen LogP) is 2.85. The maximum Gasteiger partial charge on any atom is 0.355 e. The lowest BCUT2D eigenvalue weighted by Crippen LogP contribution is -2.43. The molecule has 0 aliphatic heterocycles. The van der Waals surface area contributed by atoms with E-state index in [1.54, 1.807) is 30.1 Å². The number of hydrogen-bond donors (Lipinski definition) is 1. The van der Waals surface area contributed by atoms with Gasteiger partial charge in [0.05, 0.1) is 29.3 Å². The fourth-order valence-electron chi connectivity index (χ4n) is 4.11. The summed E-state index contributed by atoms with van der Waals surface area (Å²) in [7, 11) is 1.73. The fourth-order valence-corrected chi connectivity index (χ4v) is 4.31. The maximum atomic E-state index is 14.6. The molecule has 12 nitrogen and oxygen atoms in total. The molecule has 0 radical (unpaired) electrons. The van der Waals surface area contributed by atoms with Crippen LogP contribution in [0, 0.1) is 23.4 Å². The van der Waals surface area contributed by atoms with Crippen molar-refractivity contribution in [2.45, 2.75) is 33.5 Å². The number of rotatable bonds is 8. The van der Waals surface area contributed by atoms with Crippen LogP contribution in [0.15, 0.2) is 40.1 Å². The summed E-state index contributed by atoms with van der Waals surface area (Å²) in [5.74, 6) is -3.71. The molecule has 0 saturated heterocycles. The summed E-state index contributed by atoms with van der Waals surface area (Å²) >= 11 is 6.42. The van der Waals surface area contributed by atoms with Crippen LogP contribution in [0.4, 0.5) is 24.8 Å². The largest absolute Gasteiger partial charge is 0.355 e. The highest BCUT2D eigenvalue weighted by molar-refractivity contribution is 6.34. The van der Waals surface area contributed by atoms with Crippen molar-refractivity contribution < 1.29 is 13.2 Å². The zero-order valence-electron chi connectivity index (χ0n) is 21.4. The number of nitrogens with zero attached hydrogens (tertiary/aromatic N) is 9. The van der Waals surface area contributed by atoms with Crippen LogP contribution in [0.2, 0.25) is 5.02 Å². The van der Waals surface area contributed by atoms with Gasteiger partial charge in [0.25, 0.3) is 0 Å². The van der Waals surface area contributed by atoms with E-state index >= 15 is 0 Å². The number of anilines is 2. The van der Waals surface area contributed by atoms with E-state index in [4.69, 9.17) is 11.6 Å². The molecule has 5 aromatic rings. The molecule has 3 aromatic heterocycles. The Balaban J connectivity index is 1.63. The summed E-state index contributed by atoms with van der Waals surface area (Å²) in [6, 6.07) is 4.21. The molecule has 0 atom stereocenters. The highest BCUT2D eigenvalue weighted by atomic mass is 35.5. The third kappa shape index (κ3) is 5.32. The lowest BCUT2D eigenvalue weighted by Gasteiger charge is -2.17. The third-order valence-corrected chi connectivity index (χ3v) is 6.28. The first-order valence-corrected chi connectivity index (χ1v) is 12.4. The van der Waals surface area contributed by atoms with Gasteiger partial charge in [0, 0.05) is 36.8 Å². The molecule has 1 N–H and O–H groups in total. The summed E-state index contributed by atoms with van der Waals surface area (Å²) in [4.78, 5) is 30.7. The average Bonchev–Trinajstić information content (AvgIpc) is 3.46. The normalized spacial score (nSPS) is 11.6. The Kier molecular flexibility index (Phi) is 7.14. The molecule has 0 aliphatic carbocycles. The zero-order chi connectivity index (χ0) is 28.7. The molecule has 0 aliphatic rings. The molecule has 0 bridgehead atoms. The van der Waals surface area contributed by atoms with Gasteiger partial charge in [-0.2, -0.15) is 10.1 Å². The third-order valence-electron chi connectivity index (χ3n) is 5.97. The van der Waals surface area contributed by atoms with Crippen LogP contribution in [-0.2, 0) is 26.7 Å². The van der Waals surface area contributed by atoms with E-state index < -0.39 is 35.4 Å². The van der Waals surface area contributed by atoms with Crippen molar-refractivity contribution >= 4 is 34.1 Å². The lowest BCUT2D eigenvalue weighted by molar-refractivity contribution is 0.447. The van der Waals surface area contributed by atoms with E-state index in [9.17, 15) is 22.8 Å². The molecule has 16 heteroatoms. The first kappa shape index (κ1) is 27.1. The fraction of sp³-hybridized carbons (Fsp3) is 0.292. The first-order valence-electron chi connectivity index (χ1n) is 12.0. The summed E-state index contributed by atoms with van der Waals surface area (Å²) in [6.07, 6.45) is 1.73. The molecule has 0 fully saturated rings. The van der Waals surface area contributed by atoms with Crippen molar-refractivity contribution in [1.29, 1.82) is 0 Å². The van der Waals surface area contributed by atoms with Gasteiger partial charge in [-0.25, -0.2) is 32.0 Å². The summed E-state index contributed by atoms with van der Waals surface area (Å²) < 4.78 is 46.9. The summed E-state index contributed by atoms with van der Waals surface area (Å²) in [6.45, 7) is 3.37. The molecular weight excluding hydrogens is 553 g/mol. The van der Waals surface area contributed by atoms with Crippen LogP contribution < -0.4 is 16.7 Å². The van der Waals surface area contributed by atoms with E-state index in [2.05, 4.69) is 30.9 Å². The SMILES string of the molecule is CC(C)Cn1nnnc1Cn1c(=O)nc(Nc2cc3cn(C)nc3cc2Cl)n(Cc2cc(F)c(F)cc2F)c1=O. The molecule has 0 spiro atoms. The van der Waals surface area contributed by atoms with Crippen molar-refractivity contribution in [1.82, 2.24) is 44.1 Å². The summed E-state index contributed by atoms with van der Waals surface area (Å²) in [5.41, 5.74) is -1.36. The minimum absolute atomic E-state index is 0.165. The standard InChI is InChI=1S/C24H22ClF3N10O2/c1-12(2)8-38-21(31-33-34-38)11-37-23(39)30-22(29-20-5-14-9-35(3)32-19(14)6-15(20)25)36(24(37)40)10-13-4-17(27)18(28)7-16(13)26/h4-7,9,12H,8,10-11H2,1-3H3,(H,29,30,39). The van der Waals surface area contributed by atoms with E-state index in [0.717, 1.165) is 9.13 Å². The molecule has 40 heavy (non-hydrogen) atoms. The van der Waals surface area contributed by atoms with Gasteiger partial charge in [-0.3, -0.25) is 9.25 Å². The van der Waals surface area contributed by atoms with Gasteiger partial charge in [-0.1, -0.05) is 25.4 Å². The van der Waals surface area contributed by atoms with Gasteiger partial charge in [0.15, 0.2) is 17.5 Å². The summed E-state index contributed by atoms with van der Waals surface area (Å²) in [5, 5.41) is 19.4. The molecule has 2 aromatic carbocycles. The van der Waals surface area contributed by atoms with E-state index in [1.807, 2.05) is 13.8 Å². The monoisotopic (exact) mass is 574 g/mol. The smallest absolute Gasteiger partial charge is 0.324 e. The molecule has 3 heterocycles. The van der Waals surface area contributed by atoms with Crippen LogP contribution >= 0.6 is 11.6 Å². The second-order valence-corrected chi connectivity index (χ2v) is 9.93. The van der Waals surface area contributed by atoms with E-state index in [0.29, 0.717) is 29.6 Å². The van der Waals surface area contributed by atoms with Gasteiger partial charge < -0.3 is 5.32 Å². The predicted molar refractivity (Wildman–Crippen MR) is 139 cm³/mol. The van der Waals surface area contributed by atoms with Gasteiger partial charge in [-0.15, -0.1) is 5.10 Å². The maximum absolute atomic E-state index is 14.6. The number of hydrogen-bond acceptors (Lipinski definition) is 8. The molecule has 0 unspecified atom stereocenters. The number of halogens is 4. The topological polar surface area (TPSA) is 130 Å². The Hall–Kier alpha value is -4.53. The van der Waals surface area contributed by atoms with Crippen LogP contribution in [0.25, 0.3) is 10.9 Å². The highest BCUT2D eigenvalue weighted by Crippen LogP contribution is 2.29. The van der Waals surface area contributed by atoms with Gasteiger partial charge >= 0.3 is 11.4 Å². The van der Waals surface area contributed by atoms with Crippen molar-refractivity contribution in [3.8, 4) is 0 Å². The van der Waals surface area contributed by atoms with Crippen molar-refractivity contribution in [3.63, 3.8) is 0 Å². The highest BCUT2D eigenvalue weighted by Gasteiger charge is 2.20. The number of fused-ring (bicyclic) bond motifs is 1. The first-order chi connectivity index (χ1) is 19.0. The quantitative estimate of drug-likeness (QED) is 0.280.